The highest BCUT2D eigenvalue weighted by Gasteiger charge is 2.34. The Morgan fingerprint density at radius 1 is 1.28 bits per heavy atom. The minimum atomic E-state index is -4.15. The van der Waals surface area contributed by atoms with Crippen LogP contribution in [0.5, 0.6) is 0 Å². The number of guanidine groups is 1. The molecule has 164 valence electrons. The van der Waals surface area contributed by atoms with Crippen molar-refractivity contribution < 1.29 is 13.2 Å². The largest absolute Gasteiger partial charge is 0.401 e. The van der Waals surface area contributed by atoms with E-state index < -0.39 is 12.7 Å². The summed E-state index contributed by atoms with van der Waals surface area (Å²) in [6, 6.07) is 3.99. The molecule has 0 amide bonds. The summed E-state index contributed by atoms with van der Waals surface area (Å²) >= 11 is 0. The van der Waals surface area contributed by atoms with Crippen LogP contribution in [0.3, 0.4) is 0 Å². The quantitative estimate of drug-likeness (QED) is 0.339. The molecule has 1 unspecified atom stereocenters. The maximum Gasteiger partial charge on any atom is 0.401 e. The highest BCUT2D eigenvalue weighted by Crippen LogP contribution is 2.20. The van der Waals surface area contributed by atoms with Gasteiger partial charge in [-0.2, -0.15) is 13.2 Å². The average Bonchev–Trinajstić information content (AvgIpc) is 3.31. The molecule has 6 nitrogen and oxygen atoms in total. The van der Waals surface area contributed by atoms with Gasteiger partial charge in [0.15, 0.2) is 5.96 Å². The van der Waals surface area contributed by atoms with Crippen LogP contribution in [0.4, 0.5) is 19.0 Å². The molecule has 0 radical (unpaired) electrons. The number of aliphatic imine (C=N–C) groups is 1. The molecule has 2 N–H and O–H groups in total. The van der Waals surface area contributed by atoms with Gasteiger partial charge < -0.3 is 15.5 Å². The van der Waals surface area contributed by atoms with E-state index in [0.29, 0.717) is 38.6 Å². The van der Waals surface area contributed by atoms with Crippen molar-refractivity contribution in [2.24, 2.45) is 4.99 Å². The number of hydrogen-bond acceptors (Lipinski definition) is 4. The Hall–Kier alpha value is -1.30. The van der Waals surface area contributed by atoms with E-state index in [1.165, 1.54) is 17.7 Å². The fraction of sp³-hybridized carbons (Fsp3) is 0.684. The Bertz CT molecular complexity index is 664. The van der Waals surface area contributed by atoms with E-state index in [1.54, 1.807) is 0 Å². The van der Waals surface area contributed by atoms with Gasteiger partial charge in [-0.3, -0.25) is 4.90 Å². The lowest BCUT2D eigenvalue weighted by molar-refractivity contribution is -0.143. The SMILES string of the molecule is CCNC(=NCc1ccnc(N2CCCC2)c1)NC1CCN(CC(F)(F)F)C1.I. The van der Waals surface area contributed by atoms with Crippen LogP contribution < -0.4 is 15.5 Å². The first-order valence-electron chi connectivity index (χ1n) is 9.97. The van der Waals surface area contributed by atoms with Crippen molar-refractivity contribution in [1.29, 1.82) is 0 Å². The molecule has 2 aliphatic rings. The summed E-state index contributed by atoms with van der Waals surface area (Å²) in [5.74, 6) is 1.63. The number of halogens is 4. The van der Waals surface area contributed by atoms with Gasteiger partial charge in [-0.15, -0.1) is 24.0 Å². The van der Waals surface area contributed by atoms with Gasteiger partial charge in [0.25, 0.3) is 0 Å². The number of hydrogen-bond donors (Lipinski definition) is 2. The van der Waals surface area contributed by atoms with Gasteiger partial charge >= 0.3 is 6.18 Å². The number of rotatable bonds is 6. The highest BCUT2D eigenvalue weighted by molar-refractivity contribution is 14.0. The number of nitrogens with one attached hydrogen (secondary N) is 2. The number of anilines is 1. The summed E-state index contributed by atoms with van der Waals surface area (Å²) in [6.45, 7) is 5.21. The summed E-state index contributed by atoms with van der Waals surface area (Å²) in [5.41, 5.74) is 1.07. The number of likely N-dealkylation sites (tertiary alicyclic amines) is 1. The monoisotopic (exact) mass is 526 g/mol. The Labute approximate surface area is 187 Å². The first-order chi connectivity index (χ1) is 13.4. The molecule has 0 spiro atoms. The van der Waals surface area contributed by atoms with Crippen LogP contribution in [0.15, 0.2) is 23.3 Å². The summed E-state index contributed by atoms with van der Waals surface area (Å²) in [7, 11) is 0. The van der Waals surface area contributed by atoms with E-state index in [4.69, 9.17) is 0 Å². The third-order valence-electron chi connectivity index (χ3n) is 5.02. The molecule has 1 aromatic rings. The summed E-state index contributed by atoms with van der Waals surface area (Å²) in [5, 5.41) is 6.46. The van der Waals surface area contributed by atoms with Crippen LogP contribution in [0.25, 0.3) is 0 Å². The molecule has 29 heavy (non-hydrogen) atoms. The summed E-state index contributed by atoms with van der Waals surface area (Å²) in [6.07, 6.45) is 0.734. The maximum absolute atomic E-state index is 12.6. The van der Waals surface area contributed by atoms with Crippen molar-refractivity contribution in [1.82, 2.24) is 20.5 Å². The van der Waals surface area contributed by atoms with Crippen molar-refractivity contribution >= 4 is 35.8 Å². The molecule has 3 heterocycles. The first-order valence-corrected chi connectivity index (χ1v) is 9.97. The minimum absolute atomic E-state index is 0. The topological polar surface area (TPSA) is 55.8 Å². The van der Waals surface area contributed by atoms with Crippen molar-refractivity contribution in [3.05, 3.63) is 23.9 Å². The van der Waals surface area contributed by atoms with E-state index in [9.17, 15) is 13.2 Å². The molecule has 0 aromatic carbocycles. The minimum Gasteiger partial charge on any atom is -0.357 e. The molecule has 1 aromatic heterocycles. The van der Waals surface area contributed by atoms with Crippen LogP contribution in [0.1, 0.15) is 31.7 Å². The maximum atomic E-state index is 12.6. The van der Waals surface area contributed by atoms with Gasteiger partial charge in [0.2, 0.25) is 0 Å². The molecule has 3 rings (SSSR count). The predicted octanol–water partition coefficient (Wildman–Crippen LogP) is 2.99. The molecule has 0 saturated carbocycles. The normalized spacial score (nSPS) is 20.6. The van der Waals surface area contributed by atoms with E-state index >= 15 is 0 Å². The van der Waals surface area contributed by atoms with Gasteiger partial charge in [0.1, 0.15) is 5.82 Å². The molecule has 0 aliphatic carbocycles. The molecule has 0 bridgehead atoms. The zero-order valence-corrected chi connectivity index (χ0v) is 19.0. The molecular weight excluding hydrogens is 496 g/mol. The van der Waals surface area contributed by atoms with Crippen LogP contribution in [-0.2, 0) is 6.54 Å². The highest BCUT2D eigenvalue weighted by atomic mass is 127. The number of alkyl halides is 3. The van der Waals surface area contributed by atoms with Crippen LogP contribution in [0, 0.1) is 0 Å². The number of nitrogens with zero attached hydrogens (tertiary/aromatic N) is 4. The number of aromatic nitrogens is 1. The van der Waals surface area contributed by atoms with E-state index in [2.05, 4.69) is 31.6 Å². The predicted molar refractivity (Wildman–Crippen MR) is 120 cm³/mol. The lowest BCUT2D eigenvalue weighted by Crippen LogP contribution is -2.45. The standard InChI is InChI=1S/C19H29F3N6.HI/c1-2-23-18(26-16-6-10-27(13-16)14-19(20,21)22)25-12-15-5-7-24-17(11-15)28-8-3-4-9-28;/h5,7,11,16H,2-4,6,8-10,12-14H2,1H3,(H2,23,25,26);1H. The van der Waals surface area contributed by atoms with Crippen molar-refractivity contribution in [3.63, 3.8) is 0 Å². The van der Waals surface area contributed by atoms with E-state index in [-0.39, 0.29) is 30.0 Å². The Balaban J connectivity index is 0.00000300. The second-order valence-electron chi connectivity index (χ2n) is 7.39. The van der Waals surface area contributed by atoms with Gasteiger partial charge in [0, 0.05) is 45.0 Å². The summed E-state index contributed by atoms with van der Waals surface area (Å²) in [4.78, 5) is 12.8. The molecular formula is C19H30F3IN6. The zero-order chi connectivity index (χ0) is 20.0. The molecule has 2 fully saturated rings. The second-order valence-corrected chi connectivity index (χ2v) is 7.39. The second kappa shape index (κ2) is 11.2. The van der Waals surface area contributed by atoms with Gasteiger partial charge in [0.05, 0.1) is 13.1 Å². The smallest absolute Gasteiger partial charge is 0.357 e. The third-order valence-corrected chi connectivity index (χ3v) is 5.02. The van der Waals surface area contributed by atoms with Crippen molar-refractivity contribution in [2.45, 2.75) is 44.9 Å². The fourth-order valence-electron chi connectivity index (χ4n) is 3.71. The Morgan fingerprint density at radius 2 is 2.03 bits per heavy atom. The van der Waals surface area contributed by atoms with Gasteiger partial charge in [-0.1, -0.05) is 0 Å². The third kappa shape index (κ3) is 7.80. The van der Waals surface area contributed by atoms with Crippen LogP contribution in [0.2, 0.25) is 0 Å². The average molecular weight is 526 g/mol. The van der Waals surface area contributed by atoms with E-state index in [0.717, 1.165) is 24.5 Å². The van der Waals surface area contributed by atoms with Crippen LogP contribution in [-0.4, -0.2) is 67.3 Å². The fourth-order valence-corrected chi connectivity index (χ4v) is 3.71. The lowest BCUT2D eigenvalue weighted by Gasteiger charge is -2.20. The van der Waals surface area contributed by atoms with Crippen molar-refractivity contribution in [2.75, 3.05) is 44.2 Å². The van der Waals surface area contributed by atoms with Crippen LogP contribution >= 0.6 is 24.0 Å². The molecule has 10 heteroatoms. The van der Waals surface area contributed by atoms with Crippen molar-refractivity contribution in [3.8, 4) is 0 Å². The Kier molecular flexibility index (Phi) is 9.25. The first kappa shape index (κ1) is 24.0. The zero-order valence-electron chi connectivity index (χ0n) is 16.7. The van der Waals surface area contributed by atoms with E-state index in [1.807, 2.05) is 19.2 Å². The molecule has 1 atom stereocenters. The number of pyridine rings is 1. The lowest BCUT2D eigenvalue weighted by atomic mass is 10.2. The summed E-state index contributed by atoms with van der Waals surface area (Å²) < 4.78 is 37.7. The van der Waals surface area contributed by atoms with Gasteiger partial charge in [-0.25, -0.2) is 9.98 Å². The molecule has 2 saturated heterocycles. The van der Waals surface area contributed by atoms with Gasteiger partial charge in [-0.05, 0) is 43.9 Å². The Morgan fingerprint density at radius 3 is 2.72 bits per heavy atom. The molecule has 2 aliphatic heterocycles.